The van der Waals surface area contributed by atoms with E-state index < -0.39 is 11.7 Å². The van der Waals surface area contributed by atoms with Crippen LogP contribution in [0.1, 0.15) is 11.1 Å². The minimum Gasteiger partial charge on any atom is -0.496 e. The van der Waals surface area contributed by atoms with E-state index >= 15 is 0 Å². The van der Waals surface area contributed by atoms with Gasteiger partial charge in [-0.15, -0.1) is 11.8 Å². The number of aryl methyl sites for hydroxylation is 1. The van der Waals surface area contributed by atoms with E-state index in [2.05, 4.69) is 0 Å². The van der Waals surface area contributed by atoms with Crippen LogP contribution in [0.4, 0.5) is 13.2 Å². The fraction of sp³-hybridized carbons (Fsp3) is 0.381. The molecule has 0 spiro atoms. The van der Waals surface area contributed by atoms with Crippen molar-refractivity contribution in [1.82, 2.24) is 0 Å². The first-order valence-corrected chi connectivity index (χ1v) is 9.91. The lowest BCUT2D eigenvalue weighted by Gasteiger charge is -2.18. The molecule has 0 aliphatic carbocycles. The van der Waals surface area contributed by atoms with Crippen molar-refractivity contribution in [2.24, 2.45) is 0 Å². The fourth-order valence-corrected chi connectivity index (χ4v) is 3.36. The van der Waals surface area contributed by atoms with Crippen molar-refractivity contribution in [3.05, 3.63) is 53.6 Å². The van der Waals surface area contributed by atoms with Crippen LogP contribution in [0.15, 0.2) is 47.4 Å². The zero-order valence-electron chi connectivity index (χ0n) is 17.2. The lowest BCUT2D eigenvalue weighted by molar-refractivity contribution is -0.191. The smallest absolute Gasteiger partial charge is 0.416 e. The Kier molecular flexibility index (Phi) is 11.7. The zero-order valence-corrected chi connectivity index (χ0v) is 18.0. The molecule has 2 aromatic carbocycles. The van der Waals surface area contributed by atoms with Gasteiger partial charge in [-0.3, -0.25) is 0 Å². The Morgan fingerprint density at radius 3 is 2.23 bits per heavy atom. The van der Waals surface area contributed by atoms with Crippen LogP contribution >= 0.6 is 11.8 Å². The van der Waals surface area contributed by atoms with Crippen LogP contribution in [0.25, 0.3) is 0 Å². The number of thioether (sulfide) groups is 1. The molecule has 0 aliphatic rings. The molecule has 0 bridgehead atoms. The van der Waals surface area contributed by atoms with Gasteiger partial charge in [-0.25, -0.2) is 0 Å². The van der Waals surface area contributed by atoms with Gasteiger partial charge in [0.1, 0.15) is 31.0 Å². The molecule has 0 aromatic heterocycles. The third-order valence-corrected chi connectivity index (χ3v) is 4.97. The molecule has 0 N–H and O–H groups in total. The van der Waals surface area contributed by atoms with Gasteiger partial charge in [-0.05, 0) is 55.0 Å². The highest BCUT2D eigenvalue weighted by Gasteiger charge is 2.30. The van der Waals surface area contributed by atoms with Gasteiger partial charge in [-0.2, -0.15) is 22.8 Å². The second-order valence-corrected chi connectivity index (χ2v) is 7.15. The highest BCUT2D eigenvalue weighted by Crippen LogP contribution is 2.30. The topological polar surface area (TPSA) is 71.1 Å². The molecule has 0 heterocycles. The third-order valence-electron chi connectivity index (χ3n) is 3.84. The van der Waals surface area contributed by atoms with E-state index in [0.29, 0.717) is 11.5 Å². The summed E-state index contributed by atoms with van der Waals surface area (Å²) in [5.74, 6) is 1.77. The molecule has 170 valence electrons. The van der Waals surface area contributed by atoms with E-state index in [1.165, 1.54) is 19.2 Å². The summed E-state index contributed by atoms with van der Waals surface area (Å²) in [6.07, 6.45) is -4.41. The van der Waals surface area contributed by atoms with Gasteiger partial charge in [0.2, 0.25) is 0 Å². The molecule has 0 amide bonds. The summed E-state index contributed by atoms with van der Waals surface area (Å²) < 4.78 is 59.3. The van der Waals surface area contributed by atoms with Crippen LogP contribution in [-0.2, 0) is 25.2 Å². The Labute approximate surface area is 182 Å². The van der Waals surface area contributed by atoms with E-state index in [-0.39, 0.29) is 25.7 Å². The van der Waals surface area contributed by atoms with Gasteiger partial charge in [0.15, 0.2) is 0 Å². The molecule has 0 saturated carbocycles. The van der Waals surface area contributed by atoms with E-state index in [1.807, 2.05) is 25.1 Å². The molecular formula is C21H23F3O6S. The van der Waals surface area contributed by atoms with Crippen molar-refractivity contribution in [2.75, 3.05) is 33.4 Å². The van der Waals surface area contributed by atoms with Crippen LogP contribution in [-0.4, -0.2) is 45.6 Å². The van der Waals surface area contributed by atoms with Crippen LogP contribution in [0.2, 0.25) is 0 Å². The lowest BCUT2D eigenvalue weighted by Crippen LogP contribution is -2.25. The van der Waals surface area contributed by atoms with Crippen LogP contribution in [0.3, 0.4) is 0 Å². The predicted molar refractivity (Wildman–Crippen MR) is 107 cm³/mol. The standard InChI is InChI=1S/C20H23F3O4S.CO2/c1-14-10-18(8-9-19(14)25-3)28-12-17(27-13-24-2)11-26-16-6-4-15(5-7-16)20(21,22)23;2-1-3/h4-10,17H,11-13H2,1-3H3;. The van der Waals surface area contributed by atoms with E-state index in [1.54, 1.807) is 18.9 Å². The Balaban J connectivity index is 0.00000151. The number of methoxy groups -OCH3 is 2. The summed E-state index contributed by atoms with van der Waals surface area (Å²) in [6.45, 7) is 2.26. The molecular weight excluding hydrogens is 437 g/mol. The maximum Gasteiger partial charge on any atom is 0.416 e. The summed E-state index contributed by atoms with van der Waals surface area (Å²) in [5, 5.41) is 0. The number of hydrogen-bond acceptors (Lipinski definition) is 7. The molecule has 1 atom stereocenters. The molecule has 0 saturated heterocycles. The van der Waals surface area contributed by atoms with E-state index in [0.717, 1.165) is 28.3 Å². The first-order chi connectivity index (χ1) is 14.7. The molecule has 0 fully saturated rings. The average Bonchev–Trinajstić information content (AvgIpc) is 2.73. The second-order valence-electron chi connectivity index (χ2n) is 6.05. The molecule has 31 heavy (non-hydrogen) atoms. The quantitative estimate of drug-likeness (QED) is 0.379. The van der Waals surface area contributed by atoms with Crippen LogP contribution in [0, 0.1) is 6.92 Å². The monoisotopic (exact) mass is 460 g/mol. The largest absolute Gasteiger partial charge is 0.496 e. The minimum absolute atomic E-state index is 0.100. The molecule has 2 rings (SSSR count). The number of carbonyl (C=O) groups excluding carboxylic acids is 2. The van der Waals surface area contributed by atoms with E-state index in [9.17, 15) is 13.2 Å². The number of ether oxygens (including phenoxy) is 4. The molecule has 2 aromatic rings. The molecule has 10 heteroatoms. The number of alkyl halides is 3. The van der Waals surface area contributed by atoms with Crippen molar-refractivity contribution >= 4 is 17.9 Å². The fourth-order valence-electron chi connectivity index (χ4n) is 2.37. The maximum absolute atomic E-state index is 12.6. The summed E-state index contributed by atoms with van der Waals surface area (Å²) in [5.41, 5.74) is 0.320. The normalized spacial score (nSPS) is 11.7. The van der Waals surface area contributed by atoms with Crippen LogP contribution in [0.5, 0.6) is 11.5 Å². The van der Waals surface area contributed by atoms with Gasteiger partial charge in [0.05, 0.1) is 12.7 Å². The first kappa shape index (κ1) is 26.5. The zero-order chi connectivity index (χ0) is 23.3. The van der Waals surface area contributed by atoms with E-state index in [4.69, 9.17) is 28.5 Å². The Bertz CT molecular complexity index is 821. The van der Waals surface area contributed by atoms with Crippen molar-refractivity contribution in [3.63, 3.8) is 0 Å². The maximum atomic E-state index is 12.6. The summed E-state index contributed by atoms with van der Waals surface area (Å²) in [6, 6.07) is 10.5. The van der Waals surface area contributed by atoms with Gasteiger partial charge in [-0.1, -0.05) is 0 Å². The third kappa shape index (κ3) is 9.89. The summed E-state index contributed by atoms with van der Waals surface area (Å²) in [4.78, 5) is 17.3. The van der Waals surface area contributed by atoms with Gasteiger partial charge >= 0.3 is 12.3 Å². The lowest BCUT2D eigenvalue weighted by atomic mass is 10.2. The first-order valence-electron chi connectivity index (χ1n) is 8.92. The molecule has 0 aliphatic heterocycles. The highest BCUT2D eigenvalue weighted by molar-refractivity contribution is 7.99. The number of benzene rings is 2. The van der Waals surface area contributed by atoms with Crippen molar-refractivity contribution < 1.29 is 41.7 Å². The van der Waals surface area contributed by atoms with Crippen LogP contribution < -0.4 is 9.47 Å². The number of rotatable bonds is 10. The Morgan fingerprint density at radius 2 is 1.71 bits per heavy atom. The van der Waals surface area contributed by atoms with Crippen molar-refractivity contribution in [3.8, 4) is 11.5 Å². The molecule has 6 nitrogen and oxygen atoms in total. The predicted octanol–water partition coefficient (Wildman–Crippen LogP) is 4.60. The number of halogens is 3. The van der Waals surface area contributed by atoms with Gasteiger partial charge < -0.3 is 18.9 Å². The summed E-state index contributed by atoms with van der Waals surface area (Å²) in [7, 11) is 3.15. The number of hydrogen-bond donors (Lipinski definition) is 0. The molecule has 0 radical (unpaired) electrons. The second kappa shape index (κ2) is 13.7. The van der Waals surface area contributed by atoms with Gasteiger partial charge in [0.25, 0.3) is 0 Å². The Hall–Kier alpha value is -2.52. The molecule has 1 unspecified atom stereocenters. The Morgan fingerprint density at radius 1 is 1.06 bits per heavy atom. The highest BCUT2D eigenvalue weighted by atomic mass is 32.2. The van der Waals surface area contributed by atoms with Gasteiger partial charge in [0, 0.05) is 17.8 Å². The average molecular weight is 460 g/mol. The minimum atomic E-state index is -4.37. The van der Waals surface area contributed by atoms with Crippen molar-refractivity contribution in [2.45, 2.75) is 24.1 Å². The SMILES string of the molecule is COCOC(COc1ccc(C(F)(F)F)cc1)CSc1ccc(OC)c(C)c1.O=C=O. The van der Waals surface area contributed by atoms with Crippen molar-refractivity contribution in [1.29, 1.82) is 0 Å². The summed E-state index contributed by atoms with van der Waals surface area (Å²) >= 11 is 1.59.